The summed E-state index contributed by atoms with van der Waals surface area (Å²) in [5.41, 5.74) is 2.12. The van der Waals surface area contributed by atoms with E-state index in [1.54, 1.807) is 23.5 Å². The van der Waals surface area contributed by atoms with E-state index in [0.717, 1.165) is 10.4 Å². The van der Waals surface area contributed by atoms with Crippen molar-refractivity contribution in [3.05, 3.63) is 57.8 Å². The molecule has 0 aliphatic carbocycles. The molecule has 0 bridgehead atoms. The highest BCUT2D eigenvalue weighted by molar-refractivity contribution is 7.12. The van der Waals surface area contributed by atoms with Crippen LogP contribution in [0.5, 0.6) is 0 Å². The Morgan fingerprint density at radius 3 is 2.67 bits per heavy atom. The lowest BCUT2D eigenvalue weighted by Crippen LogP contribution is -2.05. The molecule has 0 fully saturated rings. The number of oxime groups is 1. The van der Waals surface area contributed by atoms with Gasteiger partial charge in [-0.3, -0.25) is 0 Å². The van der Waals surface area contributed by atoms with Gasteiger partial charge >= 0.3 is 5.97 Å². The molecular weight excluding hydrogens is 246 g/mol. The van der Waals surface area contributed by atoms with E-state index in [1.165, 1.54) is 0 Å². The first-order chi connectivity index (χ1) is 8.68. The van der Waals surface area contributed by atoms with Crippen molar-refractivity contribution >= 4 is 23.0 Å². The van der Waals surface area contributed by atoms with E-state index in [9.17, 15) is 4.79 Å². The van der Waals surface area contributed by atoms with Crippen LogP contribution in [0.25, 0.3) is 0 Å². The van der Waals surface area contributed by atoms with Gasteiger partial charge in [-0.25, -0.2) is 4.79 Å². The van der Waals surface area contributed by atoms with E-state index in [-0.39, 0.29) is 0 Å². The minimum absolute atomic E-state index is 0.427. The zero-order valence-electron chi connectivity index (χ0n) is 10.2. The summed E-state index contributed by atoms with van der Waals surface area (Å²) in [6, 6.07) is 11.2. The molecule has 2 aromatic rings. The van der Waals surface area contributed by atoms with Crippen molar-refractivity contribution in [1.29, 1.82) is 0 Å². The molecule has 2 rings (SSSR count). The second-order valence-electron chi connectivity index (χ2n) is 3.85. The molecular formula is C14H13NO2S. The molecule has 92 valence electrons. The smallest absolute Gasteiger partial charge is 0.312 e. The fraction of sp³-hybridized carbons (Fsp3) is 0.143. The van der Waals surface area contributed by atoms with Gasteiger partial charge < -0.3 is 4.84 Å². The summed E-state index contributed by atoms with van der Waals surface area (Å²) < 4.78 is 0. The van der Waals surface area contributed by atoms with Gasteiger partial charge in [0.05, 0.1) is 16.2 Å². The first kappa shape index (κ1) is 12.5. The number of hydrogen-bond donors (Lipinski definition) is 0. The highest BCUT2D eigenvalue weighted by Crippen LogP contribution is 2.12. The molecule has 0 atom stereocenters. The third kappa shape index (κ3) is 2.84. The Balaban J connectivity index is 2.09. The van der Waals surface area contributed by atoms with Gasteiger partial charge in [0.1, 0.15) is 0 Å². The van der Waals surface area contributed by atoms with Crippen LogP contribution in [0.4, 0.5) is 0 Å². The minimum Gasteiger partial charge on any atom is -0.312 e. The molecule has 0 unspecified atom stereocenters. The molecule has 18 heavy (non-hydrogen) atoms. The topological polar surface area (TPSA) is 38.7 Å². The summed E-state index contributed by atoms with van der Waals surface area (Å²) in [5, 5.41) is 5.82. The van der Waals surface area contributed by atoms with Gasteiger partial charge in [-0.2, -0.15) is 0 Å². The van der Waals surface area contributed by atoms with Gasteiger partial charge in [0.2, 0.25) is 0 Å². The Kier molecular flexibility index (Phi) is 3.89. The molecule has 3 nitrogen and oxygen atoms in total. The summed E-state index contributed by atoms with van der Waals surface area (Å²) in [6.45, 7) is 3.68. The molecule has 1 aromatic carbocycles. The van der Waals surface area contributed by atoms with Crippen molar-refractivity contribution in [1.82, 2.24) is 0 Å². The average molecular weight is 259 g/mol. The number of rotatable bonds is 3. The lowest BCUT2D eigenvalue weighted by molar-refractivity contribution is 0.0515. The number of thiophene rings is 1. The van der Waals surface area contributed by atoms with Gasteiger partial charge in [0, 0.05) is 0 Å². The standard InChI is InChI=1S/C14H13NO2S/c1-10-6-3-4-7-12(10)14(16)17-15-11(2)13-8-5-9-18-13/h3-9H,1-2H3/b15-11+. The quantitative estimate of drug-likeness (QED) is 0.479. The third-order valence-electron chi connectivity index (χ3n) is 2.51. The maximum Gasteiger partial charge on any atom is 0.366 e. The first-order valence-electron chi connectivity index (χ1n) is 5.54. The first-order valence-corrected chi connectivity index (χ1v) is 6.42. The van der Waals surface area contributed by atoms with E-state index < -0.39 is 5.97 Å². The van der Waals surface area contributed by atoms with Gasteiger partial charge in [0.25, 0.3) is 0 Å². The van der Waals surface area contributed by atoms with E-state index in [1.807, 2.05) is 43.5 Å². The van der Waals surface area contributed by atoms with E-state index in [2.05, 4.69) is 5.16 Å². The fourth-order valence-electron chi connectivity index (χ4n) is 1.49. The van der Waals surface area contributed by atoms with Crippen molar-refractivity contribution in [3.8, 4) is 0 Å². The van der Waals surface area contributed by atoms with Gasteiger partial charge in [0.15, 0.2) is 0 Å². The molecule has 0 aliphatic heterocycles. The summed E-state index contributed by atoms with van der Waals surface area (Å²) in [6.07, 6.45) is 0. The van der Waals surface area contributed by atoms with Crippen LogP contribution < -0.4 is 0 Å². The maximum atomic E-state index is 11.8. The number of aryl methyl sites for hydroxylation is 1. The number of benzene rings is 1. The fourth-order valence-corrected chi connectivity index (χ4v) is 2.16. The zero-order valence-corrected chi connectivity index (χ0v) is 11.0. The highest BCUT2D eigenvalue weighted by Gasteiger charge is 2.10. The van der Waals surface area contributed by atoms with Crippen LogP contribution in [0.1, 0.15) is 27.7 Å². The Morgan fingerprint density at radius 2 is 2.00 bits per heavy atom. The predicted octanol–water partition coefficient (Wildman–Crippen LogP) is 3.64. The van der Waals surface area contributed by atoms with Crippen LogP contribution in [0.2, 0.25) is 0 Å². The van der Waals surface area contributed by atoms with Crippen LogP contribution in [0.3, 0.4) is 0 Å². The molecule has 0 saturated carbocycles. The minimum atomic E-state index is -0.427. The van der Waals surface area contributed by atoms with Gasteiger partial charge in [-0.1, -0.05) is 29.4 Å². The highest BCUT2D eigenvalue weighted by atomic mass is 32.1. The Morgan fingerprint density at radius 1 is 1.22 bits per heavy atom. The number of carbonyl (C=O) groups is 1. The monoisotopic (exact) mass is 259 g/mol. The van der Waals surface area contributed by atoms with Crippen molar-refractivity contribution in [2.45, 2.75) is 13.8 Å². The number of carbonyl (C=O) groups excluding carboxylic acids is 1. The molecule has 0 spiro atoms. The maximum absolute atomic E-state index is 11.8. The molecule has 0 radical (unpaired) electrons. The van der Waals surface area contributed by atoms with E-state index in [0.29, 0.717) is 11.3 Å². The Bertz CT molecular complexity index is 573. The van der Waals surface area contributed by atoms with Crippen molar-refractivity contribution < 1.29 is 9.63 Å². The van der Waals surface area contributed by atoms with Crippen LogP contribution in [0.15, 0.2) is 46.9 Å². The summed E-state index contributed by atoms with van der Waals surface area (Å²) in [7, 11) is 0. The molecule has 0 N–H and O–H groups in total. The van der Waals surface area contributed by atoms with E-state index >= 15 is 0 Å². The molecule has 4 heteroatoms. The lowest BCUT2D eigenvalue weighted by atomic mass is 10.1. The normalized spacial score (nSPS) is 11.3. The summed E-state index contributed by atoms with van der Waals surface area (Å²) in [5.74, 6) is -0.427. The van der Waals surface area contributed by atoms with Crippen LogP contribution in [-0.2, 0) is 4.84 Å². The van der Waals surface area contributed by atoms with Crippen LogP contribution in [-0.4, -0.2) is 11.7 Å². The zero-order chi connectivity index (χ0) is 13.0. The largest absolute Gasteiger partial charge is 0.366 e. The van der Waals surface area contributed by atoms with Crippen LogP contribution in [0, 0.1) is 6.92 Å². The molecule has 1 aromatic heterocycles. The summed E-state index contributed by atoms with van der Waals surface area (Å²) in [4.78, 5) is 17.8. The van der Waals surface area contributed by atoms with Crippen LogP contribution >= 0.6 is 11.3 Å². The van der Waals surface area contributed by atoms with E-state index in [4.69, 9.17) is 4.84 Å². The molecule has 0 amide bonds. The average Bonchev–Trinajstić information content (AvgIpc) is 2.90. The Labute approximate surface area is 110 Å². The van der Waals surface area contributed by atoms with Crippen molar-refractivity contribution in [2.24, 2.45) is 5.16 Å². The second-order valence-corrected chi connectivity index (χ2v) is 4.80. The second kappa shape index (κ2) is 5.60. The molecule has 0 saturated heterocycles. The number of nitrogens with zero attached hydrogens (tertiary/aromatic N) is 1. The predicted molar refractivity (Wildman–Crippen MR) is 73.1 cm³/mol. The third-order valence-corrected chi connectivity index (χ3v) is 3.49. The van der Waals surface area contributed by atoms with Gasteiger partial charge in [-0.15, -0.1) is 11.3 Å². The SMILES string of the molecule is C/C(=N\OC(=O)c1ccccc1C)c1cccs1. The molecule has 0 aliphatic rings. The Hall–Kier alpha value is -1.94. The summed E-state index contributed by atoms with van der Waals surface area (Å²) >= 11 is 1.56. The van der Waals surface area contributed by atoms with Crippen molar-refractivity contribution in [3.63, 3.8) is 0 Å². The lowest BCUT2D eigenvalue weighted by Gasteiger charge is -2.02. The molecule has 1 heterocycles. The number of hydrogen-bond acceptors (Lipinski definition) is 4. The van der Waals surface area contributed by atoms with Gasteiger partial charge in [-0.05, 0) is 36.9 Å². The van der Waals surface area contributed by atoms with Crippen molar-refractivity contribution in [2.75, 3.05) is 0 Å².